The number of H-pyrrole nitrogens is 1. The third-order valence-electron chi connectivity index (χ3n) is 4.09. The second-order valence-corrected chi connectivity index (χ2v) is 5.49. The van der Waals surface area contributed by atoms with Crippen LogP contribution in [0.2, 0.25) is 0 Å². The predicted octanol–water partition coefficient (Wildman–Crippen LogP) is 2.04. The summed E-state index contributed by atoms with van der Waals surface area (Å²) < 4.78 is 1.73. The normalized spacial score (nSPS) is 15.3. The van der Waals surface area contributed by atoms with E-state index in [0.717, 1.165) is 11.5 Å². The van der Waals surface area contributed by atoms with Crippen molar-refractivity contribution in [1.82, 2.24) is 29.8 Å². The molecule has 0 bridgehead atoms. The maximum Gasteiger partial charge on any atom is 0.254 e. The van der Waals surface area contributed by atoms with Gasteiger partial charge in [0.2, 0.25) is 0 Å². The Morgan fingerprint density at radius 3 is 3.14 bits per heavy atom. The summed E-state index contributed by atoms with van der Waals surface area (Å²) >= 11 is 0. The average Bonchev–Trinajstić information content (AvgIpc) is 3.00. The number of aromatic nitrogens is 6. The summed E-state index contributed by atoms with van der Waals surface area (Å²) in [6.07, 6.45) is 7.57. The fourth-order valence-corrected chi connectivity index (χ4v) is 2.74. The smallest absolute Gasteiger partial charge is 0.254 e. The zero-order valence-corrected chi connectivity index (χ0v) is 11.9. The molecule has 108 valence electrons. The SMILES string of the molecule is Cc1nc2nccc(NCc3[nH]ncc3C3CCC3)n2n1. The van der Waals surface area contributed by atoms with Gasteiger partial charge in [-0.3, -0.25) is 5.10 Å². The molecule has 3 heterocycles. The van der Waals surface area contributed by atoms with Crippen LogP contribution in [0.4, 0.5) is 5.82 Å². The maximum absolute atomic E-state index is 4.35. The standard InChI is InChI=1S/C14H17N7/c1-9-18-14-15-6-5-13(21(14)20-9)16-8-12-11(7-17-19-12)10-3-2-4-10/h5-7,10,16H,2-4,8H2,1H3,(H,17,19). The van der Waals surface area contributed by atoms with Crippen LogP contribution in [-0.2, 0) is 6.54 Å². The third kappa shape index (κ3) is 2.14. The minimum Gasteiger partial charge on any atom is -0.364 e. The molecule has 3 aromatic rings. The highest BCUT2D eigenvalue weighted by Crippen LogP contribution is 2.37. The van der Waals surface area contributed by atoms with E-state index < -0.39 is 0 Å². The van der Waals surface area contributed by atoms with Crippen molar-refractivity contribution in [2.75, 3.05) is 5.32 Å². The minimum atomic E-state index is 0.612. The number of hydrogen-bond donors (Lipinski definition) is 2. The molecular weight excluding hydrogens is 266 g/mol. The Balaban J connectivity index is 1.57. The van der Waals surface area contributed by atoms with Crippen molar-refractivity contribution >= 4 is 11.6 Å². The quantitative estimate of drug-likeness (QED) is 0.765. The van der Waals surface area contributed by atoms with Crippen LogP contribution >= 0.6 is 0 Å². The first-order chi connectivity index (χ1) is 10.3. The van der Waals surface area contributed by atoms with E-state index in [2.05, 4.69) is 30.6 Å². The number of nitrogens with zero attached hydrogens (tertiary/aromatic N) is 5. The van der Waals surface area contributed by atoms with E-state index in [1.54, 1.807) is 10.7 Å². The van der Waals surface area contributed by atoms with E-state index in [0.29, 0.717) is 24.1 Å². The first-order valence-electron chi connectivity index (χ1n) is 7.25. The van der Waals surface area contributed by atoms with E-state index in [1.807, 2.05) is 19.2 Å². The van der Waals surface area contributed by atoms with Crippen LogP contribution in [0.1, 0.15) is 42.3 Å². The van der Waals surface area contributed by atoms with E-state index in [4.69, 9.17) is 0 Å². The number of anilines is 1. The molecule has 0 unspecified atom stereocenters. The molecule has 0 spiro atoms. The molecule has 0 aliphatic heterocycles. The van der Waals surface area contributed by atoms with E-state index in [1.165, 1.54) is 24.8 Å². The Morgan fingerprint density at radius 1 is 1.43 bits per heavy atom. The van der Waals surface area contributed by atoms with Crippen molar-refractivity contribution in [2.24, 2.45) is 0 Å². The lowest BCUT2D eigenvalue weighted by Gasteiger charge is -2.25. The van der Waals surface area contributed by atoms with Gasteiger partial charge in [-0.1, -0.05) is 6.42 Å². The Morgan fingerprint density at radius 2 is 2.33 bits per heavy atom. The number of hydrogen-bond acceptors (Lipinski definition) is 5. The summed E-state index contributed by atoms with van der Waals surface area (Å²) in [5.41, 5.74) is 2.50. The average molecular weight is 283 g/mol. The molecule has 21 heavy (non-hydrogen) atoms. The first-order valence-corrected chi connectivity index (χ1v) is 7.25. The second-order valence-electron chi connectivity index (χ2n) is 5.49. The van der Waals surface area contributed by atoms with E-state index >= 15 is 0 Å². The molecule has 0 atom stereocenters. The maximum atomic E-state index is 4.35. The molecule has 3 aromatic heterocycles. The largest absolute Gasteiger partial charge is 0.364 e. The van der Waals surface area contributed by atoms with Gasteiger partial charge in [-0.25, -0.2) is 4.98 Å². The van der Waals surface area contributed by atoms with Crippen LogP contribution in [0, 0.1) is 6.92 Å². The lowest BCUT2D eigenvalue weighted by atomic mass is 9.80. The molecule has 1 fully saturated rings. The summed E-state index contributed by atoms with van der Waals surface area (Å²) in [5, 5.41) is 15.0. The molecular formula is C14H17N7. The fraction of sp³-hybridized carbons (Fsp3) is 0.429. The van der Waals surface area contributed by atoms with Crippen LogP contribution in [0.25, 0.3) is 5.78 Å². The number of nitrogens with one attached hydrogen (secondary N) is 2. The summed E-state index contributed by atoms with van der Waals surface area (Å²) in [4.78, 5) is 8.47. The zero-order valence-electron chi connectivity index (χ0n) is 11.9. The molecule has 1 aliphatic carbocycles. The van der Waals surface area contributed by atoms with E-state index in [-0.39, 0.29) is 0 Å². The van der Waals surface area contributed by atoms with Crippen LogP contribution in [0.3, 0.4) is 0 Å². The van der Waals surface area contributed by atoms with Gasteiger partial charge in [-0.15, -0.1) is 5.10 Å². The fourth-order valence-electron chi connectivity index (χ4n) is 2.74. The molecule has 0 saturated heterocycles. The summed E-state index contributed by atoms with van der Waals surface area (Å²) in [6.45, 7) is 2.56. The van der Waals surface area contributed by atoms with Gasteiger partial charge in [0.25, 0.3) is 5.78 Å². The summed E-state index contributed by atoms with van der Waals surface area (Å²) in [5.74, 6) is 2.89. The lowest BCUT2D eigenvalue weighted by molar-refractivity contribution is 0.417. The number of aromatic amines is 1. The number of rotatable bonds is 4. The molecule has 2 N–H and O–H groups in total. The summed E-state index contributed by atoms with van der Waals surface area (Å²) in [7, 11) is 0. The second kappa shape index (κ2) is 4.83. The Labute approximate surface area is 121 Å². The Bertz CT molecular complexity index is 769. The number of fused-ring (bicyclic) bond motifs is 1. The van der Waals surface area contributed by atoms with Crippen LogP contribution < -0.4 is 5.32 Å². The number of aryl methyl sites for hydroxylation is 1. The van der Waals surface area contributed by atoms with Gasteiger partial charge in [0, 0.05) is 6.20 Å². The van der Waals surface area contributed by atoms with Crippen LogP contribution in [-0.4, -0.2) is 29.8 Å². The Kier molecular flexibility index (Phi) is 2.83. The highest BCUT2D eigenvalue weighted by molar-refractivity contribution is 5.43. The Hall–Kier alpha value is -2.44. The van der Waals surface area contributed by atoms with Gasteiger partial charge >= 0.3 is 0 Å². The molecule has 7 heteroatoms. The third-order valence-corrected chi connectivity index (χ3v) is 4.09. The minimum absolute atomic E-state index is 0.612. The van der Waals surface area contributed by atoms with Gasteiger partial charge < -0.3 is 5.32 Å². The van der Waals surface area contributed by atoms with Gasteiger partial charge in [-0.2, -0.15) is 14.6 Å². The topological polar surface area (TPSA) is 83.8 Å². The van der Waals surface area contributed by atoms with E-state index in [9.17, 15) is 0 Å². The molecule has 1 aliphatic rings. The van der Waals surface area contributed by atoms with Crippen molar-refractivity contribution in [2.45, 2.75) is 38.6 Å². The van der Waals surface area contributed by atoms with Gasteiger partial charge in [0.1, 0.15) is 11.6 Å². The lowest BCUT2D eigenvalue weighted by Crippen LogP contribution is -2.13. The highest BCUT2D eigenvalue weighted by atomic mass is 15.4. The molecule has 0 aromatic carbocycles. The monoisotopic (exact) mass is 283 g/mol. The van der Waals surface area contributed by atoms with Gasteiger partial charge in [0.15, 0.2) is 0 Å². The van der Waals surface area contributed by atoms with Crippen molar-refractivity contribution in [3.05, 3.63) is 35.5 Å². The molecule has 7 nitrogen and oxygen atoms in total. The van der Waals surface area contributed by atoms with Crippen molar-refractivity contribution in [3.63, 3.8) is 0 Å². The molecule has 4 rings (SSSR count). The molecule has 0 amide bonds. The van der Waals surface area contributed by atoms with Gasteiger partial charge in [0.05, 0.1) is 18.4 Å². The zero-order chi connectivity index (χ0) is 14.2. The van der Waals surface area contributed by atoms with Crippen LogP contribution in [0.15, 0.2) is 18.5 Å². The van der Waals surface area contributed by atoms with Crippen molar-refractivity contribution in [3.8, 4) is 0 Å². The molecule has 0 radical (unpaired) electrons. The first kappa shape index (κ1) is 12.3. The van der Waals surface area contributed by atoms with Crippen molar-refractivity contribution < 1.29 is 0 Å². The highest BCUT2D eigenvalue weighted by Gasteiger charge is 2.23. The van der Waals surface area contributed by atoms with Crippen molar-refractivity contribution in [1.29, 1.82) is 0 Å². The van der Waals surface area contributed by atoms with Gasteiger partial charge in [-0.05, 0) is 37.3 Å². The predicted molar refractivity (Wildman–Crippen MR) is 78.0 cm³/mol. The molecule has 1 saturated carbocycles. The van der Waals surface area contributed by atoms with Crippen LogP contribution in [0.5, 0.6) is 0 Å². The summed E-state index contributed by atoms with van der Waals surface area (Å²) in [6, 6.07) is 1.90.